The smallest absolute Gasteiger partial charge is 0.321 e. The molecule has 28 heavy (non-hydrogen) atoms. The second kappa shape index (κ2) is 9.78. The van der Waals surface area contributed by atoms with Crippen molar-refractivity contribution in [3.05, 3.63) is 29.3 Å². The van der Waals surface area contributed by atoms with E-state index in [1.165, 1.54) is 0 Å². The molecule has 0 radical (unpaired) electrons. The van der Waals surface area contributed by atoms with Crippen molar-refractivity contribution in [1.29, 1.82) is 0 Å². The number of benzene rings is 1. The molecule has 1 aromatic rings. The third-order valence-electron chi connectivity index (χ3n) is 4.52. The molecule has 1 aromatic carbocycles. The molecule has 8 heteroatoms. The van der Waals surface area contributed by atoms with E-state index in [-0.39, 0.29) is 24.3 Å². The van der Waals surface area contributed by atoms with E-state index in [0.717, 1.165) is 0 Å². The Morgan fingerprint density at radius 2 is 1.75 bits per heavy atom. The number of carbonyl (C=O) groups is 3. The van der Waals surface area contributed by atoms with Crippen LogP contribution in [0.25, 0.3) is 0 Å². The SMILES string of the molecule is CC(C)(C)C(=O)NCCC(=O)N1CCCN(C(=O)Nc2cccc(Cl)c2)CC1. The third-order valence-corrected chi connectivity index (χ3v) is 4.75. The number of hydrogen-bond acceptors (Lipinski definition) is 3. The Morgan fingerprint density at radius 3 is 2.43 bits per heavy atom. The van der Waals surface area contributed by atoms with Gasteiger partial charge in [-0.25, -0.2) is 4.79 Å². The predicted octanol–water partition coefficient (Wildman–Crippen LogP) is 2.96. The molecule has 1 heterocycles. The number of urea groups is 1. The largest absolute Gasteiger partial charge is 0.355 e. The first-order valence-corrected chi connectivity index (χ1v) is 9.92. The van der Waals surface area contributed by atoms with Gasteiger partial charge in [0.1, 0.15) is 0 Å². The van der Waals surface area contributed by atoms with Crippen LogP contribution < -0.4 is 10.6 Å². The van der Waals surface area contributed by atoms with Gasteiger partial charge in [-0.15, -0.1) is 0 Å². The zero-order valence-corrected chi connectivity index (χ0v) is 17.5. The molecule has 0 saturated carbocycles. The van der Waals surface area contributed by atoms with Crippen LogP contribution in [0.1, 0.15) is 33.6 Å². The van der Waals surface area contributed by atoms with Crippen LogP contribution in [0.5, 0.6) is 0 Å². The Labute approximate surface area is 171 Å². The first-order valence-electron chi connectivity index (χ1n) is 9.54. The molecule has 0 spiro atoms. The Hall–Kier alpha value is -2.28. The summed E-state index contributed by atoms with van der Waals surface area (Å²) in [7, 11) is 0. The van der Waals surface area contributed by atoms with Gasteiger partial charge in [0.25, 0.3) is 0 Å². The van der Waals surface area contributed by atoms with Crippen molar-refractivity contribution in [1.82, 2.24) is 15.1 Å². The highest BCUT2D eigenvalue weighted by Crippen LogP contribution is 2.16. The lowest BCUT2D eigenvalue weighted by atomic mass is 9.96. The first-order chi connectivity index (χ1) is 13.2. The highest BCUT2D eigenvalue weighted by atomic mass is 35.5. The Morgan fingerprint density at radius 1 is 1.07 bits per heavy atom. The average Bonchev–Trinajstić information content (AvgIpc) is 2.87. The van der Waals surface area contributed by atoms with E-state index >= 15 is 0 Å². The number of anilines is 1. The lowest BCUT2D eigenvalue weighted by Gasteiger charge is -2.23. The summed E-state index contributed by atoms with van der Waals surface area (Å²) < 4.78 is 0. The minimum Gasteiger partial charge on any atom is -0.355 e. The maximum atomic E-state index is 12.5. The van der Waals surface area contributed by atoms with E-state index in [2.05, 4.69) is 10.6 Å². The van der Waals surface area contributed by atoms with Crippen LogP contribution in [0.2, 0.25) is 5.02 Å². The molecule has 1 fully saturated rings. The number of nitrogens with one attached hydrogen (secondary N) is 2. The van der Waals surface area contributed by atoms with Gasteiger partial charge in [0, 0.05) is 55.3 Å². The monoisotopic (exact) mass is 408 g/mol. The summed E-state index contributed by atoms with van der Waals surface area (Å²) in [6.45, 7) is 7.96. The maximum absolute atomic E-state index is 12.5. The quantitative estimate of drug-likeness (QED) is 0.803. The number of halogens is 1. The van der Waals surface area contributed by atoms with Crippen LogP contribution in [0.4, 0.5) is 10.5 Å². The molecule has 4 amide bonds. The molecule has 0 unspecified atom stereocenters. The summed E-state index contributed by atoms with van der Waals surface area (Å²) in [5.74, 6) is -0.0775. The van der Waals surface area contributed by atoms with Gasteiger partial charge in [-0.1, -0.05) is 38.4 Å². The molecule has 1 aliphatic heterocycles. The number of rotatable bonds is 4. The highest BCUT2D eigenvalue weighted by Gasteiger charge is 2.23. The van der Waals surface area contributed by atoms with Gasteiger partial charge in [0.2, 0.25) is 11.8 Å². The molecule has 2 N–H and O–H groups in total. The fourth-order valence-corrected chi connectivity index (χ4v) is 3.04. The number of nitrogens with zero attached hydrogens (tertiary/aromatic N) is 2. The zero-order chi connectivity index (χ0) is 20.7. The van der Waals surface area contributed by atoms with E-state index in [4.69, 9.17) is 11.6 Å². The molecular formula is C20H29ClN4O3. The normalized spacial score (nSPS) is 15.0. The molecule has 0 aliphatic carbocycles. The summed E-state index contributed by atoms with van der Waals surface area (Å²) in [5, 5.41) is 6.19. The number of amides is 4. The molecule has 154 valence electrons. The summed E-state index contributed by atoms with van der Waals surface area (Å²) in [6, 6.07) is 6.80. The van der Waals surface area contributed by atoms with Gasteiger partial charge in [-0.2, -0.15) is 0 Å². The van der Waals surface area contributed by atoms with E-state index < -0.39 is 5.41 Å². The van der Waals surface area contributed by atoms with E-state index in [1.807, 2.05) is 20.8 Å². The third kappa shape index (κ3) is 6.71. The van der Waals surface area contributed by atoms with Crippen molar-refractivity contribution in [2.75, 3.05) is 38.0 Å². The molecule has 0 bridgehead atoms. The van der Waals surface area contributed by atoms with Crippen LogP contribution in [0, 0.1) is 5.41 Å². The summed E-state index contributed by atoms with van der Waals surface area (Å²) in [5.41, 5.74) is 0.173. The van der Waals surface area contributed by atoms with E-state index in [1.54, 1.807) is 34.1 Å². The second-order valence-electron chi connectivity index (χ2n) is 7.92. The minimum atomic E-state index is -0.470. The lowest BCUT2D eigenvalue weighted by molar-refractivity contribution is -0.131. The van der Waals surface area contributed by atoms with Crippen molar-refractivity contribution in [3.8, 4) is 0 Å². The Balaban J connectivity index is 1.79. The molecule has 7 nitrogen and oxygen atoms in total. The van der Waals surface area contributed by atoms with Crippen molar-refractivity contribution >= 4 is 35.1 Å². The molecular weight excluding hydrogens is 380 g/mol. The van der Waals surface area contributed by atoms with Crippen LogP contribution >= 0.6 is 11.6 Å². The number of hydrogen-bond donors (Lipinski definition) is 2. The summed E-state index contributed by atoms with van der Waals surface area (Å²) in [4.78, 5) is 40.2. The predicted molar refractivity (Wildman–Crippen MR) is 110 cm³/mol. The molecule has 2 rings (SSSR count). The van der Waals surface area contributed by atoms with Crippen molar-refractivity contribution in [2.45, 2.75) is 33.6 Å². The van der Waals surface area contributed by atoms with Crippen molar-refractivity contribution in [3.63, 3.8) is 0 Å². The van der Waals surface area contributed by atoms with Crippen LogP contribution in [0.3, 0.4) is 0 Å². The molecule has 0 aromatic heterocycles. The van der Waals surface area contributed by atoms with Crippen LogP contribution in [-0.2, 0) is 9.59 Å². The standard InChI is InChI=1S/C20H29ClN4O3/c1-20(2,3)18(27)22-9-8-17(26)24-10-5-11-25(13-12-24)19(28)23-16-7-4-6-15(21)14-16/h4,6-7,14H,5,8-13H2,1-3H3,(H,22,27)(H,23,28). The second-order valence-corrected chi connectivity index (χ2v) is 8.35. The first kappa shape index (κ1) is 22.0. The van der Waals surface area contributed by atoms with Gasteiger partial charge >= 0.3 is 6.03 Å². The van der Waals surface area contributed by atoms with Crippen LogP contribution in [0.15, 0.2) is 24.3 Å². The zero-order valence-electron chi connectivity index (χ0n) is 16.8. The molecule has 1 aliphatic rings. The average molecular weight is 409 g/mol. The Bertz CT molecular complexity index is 718. The Kier molecular flexibility index (Phi) is 7.69. The highest BCUT2D eigenvalue weighted by molar-refractivity contribution is 6.30. The summed E-state index contributed by atoms with van der Waals surface area (Å²) >= 11 is 5.94. The van der Waals surface area contributed by atoms with Crippen molar-refractivity contribution < 1.29 is 14.4 Å². The van der Waals surface area contributed by atoms with Gasteiger partial charge in [0.05, 0.1) is 0 Å². The van der Waals surface area contributed by atoms with Gasteiger partial charge in [-0.3, -0.25) is 9.59 Å². The van der Waals surface area contributed by atoms with E-state index in [0.29, 0.717) is 49.9 Å². The fraction of sp³-hybridized carbons (Fsp3) is 0.550. The minimum absolute atomic E-state index is 0.00805. The van der Waals surface area contributed by atoms with Gasteiger partial charge in [0.15, 0.2) is 0 Å². The van der Waals surface area contributed by atoms with E-state index in [9.17, 15) is 14.4 Å². The van der Waals surface area contributed by atoms with Crippen molar-refractivity contribution in [2.24, 2.45) is 5.41 Å². The fourth-order valence-electron chi connectivity index (χ4n) is 2.84. The topological polar surface area (TPSA) is 81.8 Å². The number of carbonyl (C=O) groups excluding carboxylic acids is 3. The summed E-state index contributed by atoms with van der Waals surface area (Å²) in [6.07, 6.45) is 0.972. The van der Waals surface area contributed by atoms with Gasteiger partial charge < -0.3 is 20.4 Å². The lowest BCUT2D eigenvalue weighted by Crippen LogP contribution is -2.41. The molecule has 0 atom stereocenters. The maximum Gasteiger partial charge on any atom is 0.321 e. The molecule has 1 saturated heterocycles. The van der Waals surface area contributed by atoms with Gasteiger partial charge in [-0.05, 0) is 24.6 Å². The van der Waals surface area contributed by atoms with Crippen LogP contribution in [-0.4, -0.2) is 60.4 Å².